The Morgan fingerprint density at radius 2 is 2.12 bits per heavy atom. The van der Waals surface area contributed by atoms with Crippen LogP contribution in [0.1, 0.15) is 45.4 Å². The van der Waals surface area contributed by atoms with Crippen molar-refractivity contribution in [2.75, 3.05) is 5.32 Å². The molecule has 0 radical (unpaired) electrons. The van der Waals surface area contributed by atoms with Gasteiger partial charge in [0.05, 0.1) is 16.9 Å². The van der Waals surface area contributed by atoms with Crippen LogP contribution < -0.4 is 5.32 Å². The first-order valence-electron chi connectivity index (χ1n) is 6.65. The molecule has 17 heavy (non-hydrogen) atoms. The van der Waals surface area contributed by atoms with Crippen LogP contribution in [0.2, 0.25) is 5.02 Å². The maximum Gasteiger partial charge on any atom is 0.0718 e. The Balaban J connectivity index is 1.84. The Labute approximate surface area is 109 Å². The van der Waals surface area contributed by atoms with Gasteiger partial charge in [-0.3, -0.25) is 4.98 Å². The van der Waals surface area contributed by atoms with E-state index in [1.54, 1.807) is 6.20 Å². The van der Waals surface area contributed by atoms with Crippen molar-refractivity contribution in [1.82, 2.24) is 4.98 Å². The number of pyridine rings is 1. The fourth-order valence-corrected chi connectivity index (χ4v) is 2.87. The largest absolute Gasteiger partial charge is 0.380 e. The molecule has 1 aliphatic rings. The number of hydrogen-bond donors (Lipinski definition) is 1. The number of nitrogens with zero attached hydrogens (tertiary/aromatic N) is 1. The summed E-state index contributed by atoms with van der Waals surface area (Å²) in [7, 11) is 0. The topological polar surface area (TPSA) is 24.9 Å². The van der Waals surface area contributed by atoms with Crippen molar-refractivity contribution in [3.05, 3.63) is 23.5 Å². The van der Waals surface area contributed by atoms with Crippen molar-refractivity contribution < 1.29 is 0 Å². The van der Waals surface area contributed by atoms with E-state index in [1.807, 2.05) is 12.3 Å². The molecule has 1 aromatic rings. The average Bonchev–Trinajstić information content (AvgIpc) is 2.35. The van der Waals surface area contributed by atoms with E-state index in [-0.39, 0.29) is 0 Å². The molecule has 0 bridgehead atoms. The Hall–Kier alpha value is -0.760. The third-order valence-electron chi connectivity index (χ3n) is 3.67. The molecule has 1 N–H and O–H groups in total. The normalized spacial score (nSPS) is 24.6. The smallest absolute Gasteiger partial charge is 0.0718 e. The molecule has 1 saturated carbocycles. The predicted octanol–water partition coefficient (Wildman–Crippen LogP) is 4.51. The van der Waals surface area contributed by atoms with Gasteiger partial charge in [-0.15, -0.1) is 0 Å². The SMILES string of the molecule is CCCC1CCC(Nc2cnccc2Cl)CC1. The molecule has 0 aliphatic heterocycles. The lowest BCUT2D eigenvalue weighted by molar-refractivity contribution is 0.319. The quantitative estimate of drug-likeness (QED) is 0.853. The third kappa shape index (κ3) is 3.60. The van der Waals surface area contributed by atoms with Gasteiger partial charge in [-0.2, -0.15) is 0 Å². The molecule has 2 rings (SSSR count). The van der Waals surface area contributed by atoms with Gasteiger partial charge in [0.2, 0.25) is 0 Å². The number of hydrogen-bond acceptors (Lipinski definition) is 2. The standard InChI is InChI=1S/C14H21ClN2/c1-2-3-11-4-6-12(7-5-11)17-14-10-16-9-8-13(14)15/h8-12,17H,2-7H2,1H3. The molecule has 1 heterocycles. The third-order valence-corrected chi connectivity index (χ3v) is 4.00. The van der Waals surface area contributed by atoms with E-state index in [0.717, 1.165) is 16.6 Å². The van der Waals surface area contributed by atoms with Crippen LogP contribution >= 0.6 is 11.6 Å². The monoisotopic (exact) mass is 252 g/mol. The van der Waals surface area contributed by atoms with E-state index in [0.29, 0.717) is 6.04 Å². The highest BCUT2D eigenvalue weighted by atomic mass is 35.5. The molecule has 3 heteroatoms. The molecule has 1 aliphatic carbocycles. The number of halogens is 1. The predicted molar refractivity (Wildman–Crippen MR) is 73.5 cm³/mol. The van der Waals surface area contributed by atoms with Crippen LogP contribution in [0.4, 0.5) is 5.69 Å². The molecule has 0 spiro atoms. The van der Waals surface area contributed by atoms with Gasteiger partial charge in [-0.05, 0) is 37.7 Å². The molecule has 1 aromatic heterocycles. The number of rotatable bonds is 4. The lowest BCUT2D eigenvalue weighted by Crippen LogP contribution is -2.26. The highest BCUT2D eigenvalue weighted by Gasteiger charge is 2.20. The molecular formula is C14H21ClN2. The van der Waals surface area contributed by atoms with Gasteiger partial charge in [0, 0.05) is 12.2 Å². The average molecular weight is 253 g/mol. The zero-order valence-electron chi connectivity index (χ0n) is 10.5. The number of aromatic nitrogens is 1. The molecule has 2 nitrogen and oxygen atoms in total. The van der Waals surface area contributed by atoms with Gasteiger partial charge in [0.1, 0.15) is 0 Å². The Bertz CT molecular complexity index is 346. The molecule has 0 saturated heterocycles. The minimum Gasteiger partial charge on any atom is -0.380 e. The van der Waals surface area contributed by atoms with E-state index in [9.17, 15) is 0 Å². The van der Waals surface area contributed by atoms with E-state index >= 15 is 0 Å². The van der Waals surface area contributed by atoms with Crippen LogP contribution in [0.25, 0.3) is 0 Å². The van der Waals surface area contributed by atoms with E-state index in [2.05, 4.69) is 17.2 Å². The van der Waals surface area contributed by atoms with Crippen molar-refractivity contribution in [3.63, 3.8) is 0 Å². The first-order valence-corrected chi connectivity index (χ1v) is 7.03. The second kappa shape index (κ2) is 6.25. The van der Waals surface area contributed by atoms with Crippen molar-refractivity contribution in [2.24, 2.45) is 5.92 Å². The zero-order valence-corrected chi connectivity index (χ0v) is 11.2. The zero-order chi connectivity index (χ0) is 12.1. The van der Waals surface area contributed by atoms with E-state index in [1.165, 1.54) is 38.5 Å². The summed E-state index contributed by atoms with van der Waals surface area (Å²) in [5.74, 6) is 0.947. The molecule has 0 aromatic carbocycles. The Morgan fingerprint density at radius 1 is 1.35 bits per heavy atom. The highest BCUT2D eigenvalue weighted by Crippen LogP contribution is 2.30. The minimum absolute atomic E-state index is 0.574. The lowest BCUT2D eigenvalue weighted by atomic mass is 9.83. The van der Waals surface area contributed by atoms with Gasteiger partial charge in [-0.1, -0.05) is 31.4 Å². The fourth-order valence-electron chi connectivity index (χ4n) is 2.71. The Morgan fingerprint density at radius 3 is 2.76 bits per heavy atom. The Kier molecular flexibility index (Phi) is 4.66. The van der Waals surface area contributed by atoms with Crippen LogP contribution in [0.15, 0.2) is 18.5 Å². The van der Waals surface area contributed by atoms with Gasteiger partial charge in [0.15, 0.2) is 0 Å². The fraction of sp³-hybridized carbons (Fsp3) is 0.643. The van der Waals surface area contributed by atoms with Crippen molar-refractivity contribution in [1.29, 1.82) is 0 Å². The molecule has 0 unspecified atom stereocenters. The minimum atomic E-state index is 0.574. The van der Waals surface area contributed by atoms with Gasteiger partial charge in [0.25, 0.3) is 0 Å². The first kappa shape index (κ1) is 12.7. The summed E-state index contributed by atoms with van der Waals surface area (Å²) in [6.45, 7) is 2.28. The maximum absolute atomic E-state index is 6.12. The summed E-state index contributed by atoms with van der Waals surface area (Å²) in [4.78, 5) is 4.11. The summed E-state index contributed by atoms with van der Waals surface area (Å²) in [5.41, 5.74) is 0.980. The van der Waals surface area contributed by atoms with Crippen molar-refractivity contribution >= 4 is 17.3 Å². The summed E-state index contributed by atoms with van der Waals surface area (Å²) < 4.78 is 0. The number of nitrogens with one attached hydrogen (secondary N) is 1. The van der Waals surface area contributed by atoms with E-state index < -0.39 is 0 Å². The first-order chi connectivity index (χ1) is 8.29. The molecule has 1 fully saturated rings. The molecular weight excluding hydrogens is 232 g/mol. The van der Waals surface area contributed by atoms with Crippen molar-refractivity contribution in [2.45, 2.75) is 51.5 Å². The van der Waals surface area contributed by atoms with Crippen LogP contribution in [0.5, 0.6) is 0 Å². The molecule has 94 valence electrons. The second-order valence-corrected chi connectivity index (χ2v) is 5.41. The highest BCUT2D eigenvalue weighted by molar-refractivity contribution is 6.33. The van der Waals surface area contributed by atoms with Gasteiger partial charge < -0.3 is 5.32 Å². The summed E-state index contributed by atoms with van der Waals surface area (Å²) in [6.07, 6.45) is 11.5. The van der Waals surface area contributed by atoms with Gasteiger partial charge >= 0.3 is 0 Å². The van der Waals surface area contributed by atoms with Crippen molar-refractivity contribution in [3.8, 4) is 0 Å². The maximum atomic E-state index is 6.12. The summed E-state index contributed by atoms with van der Waals surface area (Å²) in [6, 6.07) is 2.41. The second-order valence-electron chi connectivity index (χ2n) is 5.01. The number of anilines is 1. The van der Waals surface area contributed by atoms with E-state index in [4.69, 9.17) is 11.6 Å². The van der Waals surface area contributed by atoms with Crippen LogP contribution in [0, 0.1) is 5.92 Å². The summed E-state index contributed by atoms with van der Waals surface area (Å²) in [5, 5.41) is 4.29. The van der Waals surface area contributed by atoms with Crippen LogP contribution in [0.3, 0.4) is 0 Å². The summed E-state index contributed by atoms with van der Waals surface area (Å²) >= 11 is 6.12. The van der Waals surface area contributed by atoms with Crippen LogP contribution in [-0.4, -0.2) is 11.0 Å². The van der Waals surface area contributed by atoms with Gasteiger partial charge in [-0.25, -0.2) is 0 Å². The molecule has 0 amide bonds. The lowest BCUT2D eigenvalue weighted by Gasteiger charge is -2.29. The van der Waals surface area contributed by atoms with Crippen LogP contribution in [-0.2, 0) is 0 Å². The molecule has 0 atom stereocenters.